The van der Waals surface area contributed by atoms with E-state index in [0.717, 1.165) is 11.1 Å². The molecule has 2 aromatic carbocycles. The summed E-state index contributed by atoms with van der Waals surface area (Å²) in [4.78, 5) is 3.92. The fraction of sp³-hybridized carbons (Fsp3) is 0.167. The van der Waals surface area contributed by atoms with Crippen LogP contribution in [0.5, 0.6) is 0 Å². The minimum atomic E-state index is -3.85. The lowest BCUT2D eigenvalue weighted by Crippen LogP contribution is -2.30. The summed E-state index contributed by atoms with van der Waals surface area (Å²) >= 11 is 6.06. The predicted molar refractivity (Wildman–Crippen MR) is 97.9 cm³/mol. The highest BCUT2D eigenvalue weighted by Gasteiger charge is 2.26. The Bertz CT molecular complexity index is 941. The molecule has 0 amide bonds. The number of benzene rings is 2. The van der Waals surface area contributed by atoms with E-state index in [2.05, 4.69) is 9.71 Å². The van der Waals surface area contributed by atoms with Gasteiger partial charge in [0.15, 0.2) is 0 Å². The zero-order valence-corrected chi connectivity index (χ0v) is 15.2. The Hall–Kier alpha value is -2.15. The molecule has 25 heavy (non-hydrogen) atoms. The summed E-state index contributed by atoms with van der Waals surface area (Å²) in [7, 11) is -2.21. The van der Waals surface area contributed by atoms with Crippen LogP contribution in [0, 0.1) is 0 Å². The molecule has 0 aliphatic carbocycles. The zero-order chi connectivity index (χ0) is 17.9. The number of imidazole rings is 1. The van der Waals surface area contributed by atoms with Crippen LogP contribution in [0.1, 0.15) is 17.2 Å². The first-order chi connectivity index (χ1) is 12.0. The molecule has 0 radical (unpaired) electrons. The van der Waals surface area contributed by atoms with E-state index in [1.54, 1.807) is 7.05 Å². The number of halogens is 1. The van der Waals surface area contributed by atoms with Crippen molar-refractivity contribution in [3.63, 3.8) is 0 Å². The van der Waals surface area contributed by atoms with Crippen molar-refractivity contribution in [1.29, 1.82) is 0 Å². The molecule has 0 aliphatic rings. The van der Waals surface area contributed by atoms with E-state index in [9.17, 15) is 8.42 Å². The molecule has 0 aliphatic heterocycles. The largest absolute Gasteiger partial charge is 0.324 e. The van der Waals surface area contributed by atoms with Crippen molar-refractivity contribution in [2.45, 2.75) is 17.5 Å². The molecule has 1 heterocycles. The van der Waals surface area contributed by atoms with Crippen LogP contribution in [0.3, 0.4) is 0 Å². The Morgan fingerprint density at radius 2 is 1.68 bits per heavy atom. The van der Waals surface area contributed by atoms with E-state index in [0.29, 0.717) is 6.42 Å². The van der Waals surface area contributed by atoms with E-state index in [1.807, 2.05) is 60.7 Å². The number of nitrogens with one attached hydrogen (secondary N) is 1. The van der Waals surface area contributed by atoms with Crippen molar-refractivity contribution in [2.24, 2.45) is 7.05 Å². The molecule has 0 saturated heterocycles. The van der Waals surface area contributed by atoms with Gasteiger partial charge in [0.25, 0.3) is 10.0 Å². The lowest BCUT2D eigenvalue weighted by molar-refractivity contribution is 0.552. The molecule has 0 saturated carbocycles. The monoisotopic (exact) mass is 375 g/mol. The molecule has 3 aromatic rings. The third kappa shape index (κ3) is 4.10. The van der Waals surface area contributed by atoms with Crippen molar-refractivity contribution in [3.8, 4) is 0 Å². The van der Waals surface area contributed by atoms with Gasteiger partial charge in [0.05, 0.1) is 12.4 Å². The molecule has 0 bridgehead atoms. The van der Waals surface area contributed by atoms with E-state index in [-0.39, 0.29) is 10.2 Å². The van der Waals surface area contributed by atoms with E-state index >= 15 is 0 Å². The van der Waals surface area contributed by atoms with Gasteiger partial charge in [0, 0.05) is 7.05 Å². The summed E-state index contributed by atoms with van der Waals surface area (Å²) in [6.07, 6.45) is 1.90. The first kappa shape index (κ1) is 17.7. The number of hydrogen-bond donors (Lipinski definition) is 1. The highest BCUT2D eigenvalue weighted by atomic mass is 35.5. The quantitative estimate of drug-likeness (QED) is 0.718. The first-order valence-corrected chi connectivity index (χ1v) is 9.61. The van der Waals surface area contributed by atoms with Crippen LogP contribution in [0.25, 0.3) is 0 Å². The van der Waals surface area contributed by atoms with Gasteiger partial charge in [-0.05, 0) is 17.5 Å². The van der Waals surface area contributed by atoms with Crippen molar-refractivity contribution in [3.05, 3.63) is 83.3 Å². The summed E-state index contributed by atoms with van der Waals surface area (Å²) in [5.74, 6) is 0. The molecule has 0 spiro atoms. The van der Waals surface area contributed by atoms with Gasteiger partial charge in [-0.2, -0.15) is 0 Å². The molecule has 7 heteroatoms. The molecule has 1 aromatic heterocycles. The van der Waals surface area contributed by atoms with Crippen LogP contribution >= 0.6 is 11.6 Å². The van der Waals surface area contributed by atoms with Crippen LogP contribution < -0.4 is 4.72 Å². The van der Waals surface area contributed by atoms with Crippen molar-refractivity contribution in [1.82, 2.24) is 14.3 Å². The number of aromatic nitrogens is 2. The van der Waals surface area contributed by atoms with Gasteiger partial charge < -0.3 is 4.57 Å². The average Bonchev–Trinajstić information content (AvgIpc) is 2.96. The van der Waals surface area contributed by atoms with Gasteiger partial charge in [-0.3, -0.25) is 0 Å². The Morgan fingerprint density at radius 1 is 1.08 bits per heavy atom. The number of sulfonamides is 1. The van der Waals surface area contributed by atoms with Gasteiger partial charge in [0.1, 0.15) is 5.15 Å². The van der Waals surface area contributed by atoms with Crippen LogP contribution in [0.4, 0.5) is 0 Å². The third-order valence-corrected chi connectivity index (χ3v) is 5.83. The molecule has 1 N–H and O–H groups in total. The average molecular weight is 376 g/mol. The topological polar surface area (TPSA) is 64.0 Å². The summed E-state index contributed by atoms with van der Waals surface area (Å²) in [6.45, 7) is 0. The Morgan fingerprint density at radius 3 is 2.24 bits per heavy atom. The minimum absolute atomic E-state index is 0.0824. The van der Waals surface area contributed by atoms with Gasteiger partial charge in [-0.25, -0.2) is 18.1 Å². The molecule has 130 valence electrons. The molecule has 1 atom stereocenters. The van der Waals surface area contributed by atoms with Gasteiger partial charge in [0.2, 0.25) is 5.03 Å². The standard InChI is InChI=1S/C18H18ClN3O2S/c1-22-13-20-18(17(22)19)25(23,24)21-16(15-10-6-3-7-11-15)12-14-8-4-2-5-9-14/h2-11,13,16,21H,12H2,1H3/t16-/m1/s1. The highest BCUT2D eigenvalue weighted by molar-refractivity contribution is 7.89. The van der Waals surface area contributed by atoms with E-state index < -0.39 is 16.1 Å². The molecule has 0 fully saturated rings. The van der Waals surface area contributed by atoms with Crippen molar-refractivity contribution >= 4 is 21.6 Å². The molecular weight excluding hydrogens is 358 g/mol. The zero-order valence-electron chi connectivity index (χ0n) is 13.6. The maximum absolute atomic E-state index is 12.8. The second-order valence-electron chi connectivity index (χ2n) is 5.73. The maximum atomic E-state index is 12.8. The summed E-state index contributed by atoms with van der Waals surface area (Å²) < 4.78 is 29.7. The van der Waals surface area contributed by atoms with E-state index in [4.69, 9.17) is 11.6 Å². The van der Waals surface area contributed by atoms with E-state index in [1.165, 1.54) is 10.9 Å². The molecule has 5 nitrogen and oxygen atoms in total. The normalized spacial score (nSPS) is 12.9. The summed E-state index contributed by atoms with van der Waals surface area (Å²) in [6, 6.07) is 18.8. The third-order valence-electron chi connectivity index (χ3n) is 3.87. The van der Waals surface area contributed by atoms with Crippen molar-refractivity contribution < 1.29 is 8.42 Å². The van der Waals surface area contributed by atoms with Gasteiger partial charge in [-0.15, -0.1) is 0 Å². The van der Waals surface area contributed by atoms with Crippen LogP contribution in [0.15, 0.2) is 72.0 Å². The second-order valence-corrected chi connectivity index (χ2v) is 7.71. The first-order valence-electron chi connectivity index (χ1n) is 7.75. The summed E-state index contributed by atoms with van der Waals surface area (Å²) in [5, 5.41) is -0.0790. The molecule has 0 unspecified atom stereocenters. The Kier molecular flexibility index (Phi) is 5.22. The Balaban J connectivity index is 1.93. The van der Waals surface area contributed by atoms with Crippen LogP contribution in [0.2, 0.25) is 5.15 Å². The lowest BCUT2D eigenvalue weighted by atomic mass is 10.00. The highest BCUT2D eigenvalue weighted by Crippen LogP contribution is 2.24. The number of hydrogen-bond acceptors (Lipinski definition) is 3. The molecular formula is C18H18ClN3O2S. The smallest absolute Gasteiger partial charge is 0.261 e. The minimum Gasteiger partial charge on any atom is -0.324 e. The summed E-state index contributed by atoms with van der Waals surface area (Å²) in [5.41, 5.74) is 1.91. The molecule has 3 rings (SSSR count). The van der Waals surface area contributed by atoms with Crippen LogP contribution in [-0.4, -0.2) is 18.0 Å². The Labute approximate surface area is 152 Å². The second kappa shape index (κ2) is 7.39. The SMILES string of the molecule is Cn1cnc(S(=O)(=O)N[C@H](Cc2ccccc2)c2ccccc2)c1Cl. The lowest BCUT2D eigenvalue weighted by Gasteiger charge is -2.19. The number of nitrogens with zero attached hydrogens (tertiary/aromatic N) is 2. The fourth-order valence-corrected chi connectivity index (χ4v) is 4.23. The van der Waals surface area contributed by atoms with Crippen molar-refractivity contribution in [2.75, 3.05) is 0 Å². The van der Waals surface area contributed by atoms with Gasteiger partial charge in [-0.1, -0.05) is 72.3 Å². The van der Waals surface area contributed by atoms with Crippen LogP contribution in [-0.2, 0) is 23.5 Å². The fourth-order valence-electron chi connectivity index (χ4n) is 2.58. The van der Waals surface area contributed by atoms with Gasteiger partial charge >= 0.3 is 0 Å². The maximum Gasteiger partial charge on any atom is 0.261 e. The number of rotatable bonds is 6. The number of aryl methyl sites for hydroxylation is 1. The predicted octanol–water partition coefficient (Wildman–Crippen LogP) is 3.34.